The number of carbonyl (C=O) groups is 1. The maximum absolute atomic E-state index is 12.7. The summed E-state index contributed by atoms with van der Waals surface area (Å²) in [6, 6.07) is 2.91. The summed E-state index contributed by atoms with van der Waals surface area (Å²) in [7, 11) is -0.974. The van der Waals surface area contributed by atoms with Gasteiger partial charge in [-0.05, 0) is 19.9 Å². The van der Waals surface area contributed by atoms with Crippen LogP contribution in [0, 0.1) is 13.8 Å². The van der Waals surface area contributed by atoms with Gasteiger partial charge in [-0.3, -0.25) is 14.6 Å². The molecule has 0 unspecified atom stereocenters. The first-order valence-corrected chi connectivity index (χ1v) is 12.1. The molecule has 0 bridgehead atoms. The molecule has 12 heteroatoms. The number of aryl methyl sites for hydroxylation is 3. The molecule has 4 heterocycles. The van der Waals surface area contributed by atoms with Crippen LogP contribution in [0.2, 0.25) is 0 Å². The summed E-state index contributed by atoms with van der Waals surface area (Å²) in [5, 5.41) is 8.37. The number of ether oxygens (including phenoxy) is 1. The van der Waals surface area contributed by atoms with Crippen molar-refractivity contribution in [2.24, 2.45) is 12.2 Å². The number of primary sulfonamides is 1. The molecule has 0 fully saturated rings. The third-order valence-corrected chi connectivity index (χ3v) is 7.67. The molecule has 4 N–H and O–H groups in total. The van der Waals surface area contributed by atoms with Crippen molar-refractivity contribution in [1.29, 1.82) is 0 Å². The molecular weight excluding hydrogens is 466 g/mol. The molecular formula is C21H21N5O5S2. The maximum Gasteiger partial charge on any atom is 0.274 e. The van der Waals surface area contributed by atoms with E-state index in [1.54, 1.807) is 31.7 Å². The highest BCUT2D eigenvalue weighted by atomic mass is 32.2. The lowest BCUT2D eigenvalue weighted by Gasteiger charge is -2.12. The number of pyridine rings is 2. The van der Waals surface area contributed by atoms with Crippen LogP contribution in [-0.4, -0.2) is 35.9 Å². The van der Waals surface area contributed by atoms with Gasteiger partial charge in [-0.15, -0.1) is 11.3 Å². The molecule has 0 spiro atoms. The van der Waals surface area contributed by atoms with Gasteiger partial charge in [0.25, 0.3) is 11.5 Å². The van der Waals surface area contributed by atoms with E-state index in [9.17, 15) is 18.0 Å². The van der Waals surface area contributed by atoms with Gasteiger partial charge >= 0.3 is 0 Å². The second-order valence-corrected chi connectivity index (χ2v) is 10.4. The van der Waals surface area contributed by atoms with Gasteiger partial charge in [0.15, 0.2) is 0 Å². The Morgan fingerprint density at radius 3 is 2.52 bits per heavy atom. The number of nitrogens with zero attached hydrogens (tertiary/aromatic N) is 2. The van der Waals surface area contributed by atoms with E-state index in [0.717, 1.165) is 22.5 Å². The summed E-state index contributed by atoms with van der Waals surface area (Å²) in [6.45, 7) is 3.66. The SMILES string of the molecule is CNC(=O)c1cc2c(-c3sc(S(N)(=O)=O)cc3Oc3c(C)cncc3C)cn(C)c(=O)c2[nH]1. The molecule has 4 aromatic heterocycles. The van der Waals surface area contributed by atoms with Crippen LogP contribution in [0.5, 0.6) is 11.5 Å². The predicted octanol–water partition coefficient (Wildman–Crippen LogP) is 2.41. The van der Waals surface area contributed by atoms with Gasteiger partial charge in [-0.25, -0.2) is 13.6 Å². The molecule has 4 aromatic rings. The van der Waals surface area contributed by atoms with E-state index >= 15 is 0 Å². The van der Waals surface area contributed by atoms with Crippen molar-refractivity contribution in [1.82, 2.24) is 19.9 Å². The number of rotatable bonds is 5. The topological polar surface area (TPSA) is 149 Å². The summed E-state index contributed by atoms with van der Waals surface area (Å²) in [4.78, 5) is 32.3. The highest BCUT2D eigenvalue weighted by Gasteiger charge is 2.24. The Labute approximate surface area is 193 Å². The summed E-state index contributed by atoms with van der Waals surface area (Å²) >= 11 is 0.920. The fraction of sp³-hybridized carbons (Fsp3) is 0.190. The number of amides is 1. The molecule has 33 heavy (non-hydrogen) atoms. The molecule has 0 saturated heterocycles. The highest BCUT2D eigenvalue weighted by Crippen LogP contribution is 2.45. The molecule has 0 radical (unpaired) electrons. The van der Waals surface area contributed by atoms with Crippen molar-refractivity contribution in [3.63, 3.8) is 0 Å². The Bertz CT molecular complexity index is 1560. The van der Waals surface area contributed by atoms with Crippen LogP contribution in [0.3, 0.4) is 0 Å². The van der Waals surface area contributed by atoms with E-state index in [-0.39, 0.29) is 26.7 Å². The van der Waals surface area contributed by atoms with Crippen molar-refractivity contribution < 1.29 is 17.9 Å². The lowest BCUT2D eigenvalue weighted by molar-refractivity contribution is 0.0959. The first-order chi connectivity index (χ1) is 15.5. The van der Waals surface area contributed by atoms with Gasteiger partial charge in [0.2, 0.25) is 10.0 Å². The maximum atomic E-state index is 12.7. The van der Waals surface area contributed by atoms with Crippen molar-refractivity contribution >= 4 is 38.2 Å². The Morgan fingerprint density at radius 2 is 1.91 bits per heavy atom. The predicted molar refractivity (Wildman–Crippen MR) is 125 cm³/mol. The molecule has 4 rings (SSSR count). The van der Waals surface area contributed by atoms with Crippen LogP contribution in [0.25, 0.3) is 21.3 Å². The second kappa shape index (κ2) is 8.14. The first-order valence-electron chi connectivity index (χ1n) is 9.71. The third-order valence-electron chi connectivity index (χ3n) is 5.10. The number of aromatic nitrogens is 3. The normalized spacial score (nSPS) is 11.7. The Morgan fingerprint density at radius 1 is 1.24 bits per heavy atom. The number of nitrogens with one attached hydrogen (secondary N) is 2. The molecule has 0 aliphatic carbocycles. The van der Waals surface area contributed by atoms with Gasteiger partial charge in [-0.2, -0.15) is 0 Å². The summed E-state index contributed by atoms with van der Waals surface area (Å²) in [5.41, 5.74) is 2.11. The summed E-state index contributed by atoms with van der Waals surface area (Å²) in [5.74, 6) is 0.394. The van der Waals surface area contributed by atoms with Gasteiger partial charge < -0.3 is 19.6 Å². The molecule has 0 aromatic carbocycles. The van der Waals surface area contributed by atoms with Crippen LogP contribution in [0.1, 0.15) is 21.6 Å². The lowest BCUT2D eigenvalue weighted by atomic mass is 10.1. The van der Waals surface area contributed by atoms with Crippen LogP contribution >= 0.6 is 11.3 Å². The Balaban J connectivity index is 2.02. The zero-order chi connectivity index (χ0) is 24.1. The van der Waals surface area contributed by atoms with E-state index in [2.05, 4.69) is 15.3 Å². The number of nitrogens with two attached hydrogens (primary N) is 1. The monoisotopic (exact) mass is 487 g/mol. The molecule has 172 valence electrons. The van der Waals surface area contributed by atoms with Crippen molar-refractivity contribution in [2.45, 2.75) is 18.1 Å². The van der Waals surface area contributed by atoms with E-state index in [1.165, 1.54) is 17.7 Å². The number of fused-ring (bicyclic) bond motifs is 1. The number of hydrogen-bond acceptors (Lipinski definition) is 7. The van der Waals surface area contributed by atoms with Gasteiger partial charge in [0.05, 0.1) is 4.88 Å². The first kappa shape index (κ1) is 22.7. The minimum atomic E-state index is -4.02. The molecule has 10 nitrogen and oxygen atoms in total. The number of hydrogen-bond donors (Lipinski definition) is 3. The quantitative estimate of drug-likeness (QED) is 0.393. The zero-order valence-electron chi connectivity index (χ0n) is 18.2. The lowest BCUT2D eigenvalue weighted by Crippen LogP contribution is -2.19. The molecule has 0 atom stereocenters. The van der Waals surface area contributed by atoms with Crippen LogP contribution < -0.4 is 20.8 Å². The fourth-order valence-corrected chi connectivity index (χ4v) is 5.32. The van der Waals surface area contributed by atoms with Crippen LogP contribution in [0.4, 0.5) is 0 Å². The number of H-pyrrole nitrogens is 1. The average Bonchev–Trinajstić information content (AvgIpc) is 3.38. The van der Waals surface area contributed by atoms with E-state index in [0.29, 0.717) is 21.6 Å². The van der Waals surface area contributed by atoms with Crippen LogP contribution in [0.15, 0.2) is 39.7 Å². The van der Waals surface area contributed by atoms with Crippen molar-refractivity contribution in [3.8, 4) is 21.9 Å². The largest absolute Gasteiger partial charge is 0.455 e. The van der Waals surface area contributed by atoms with Gasteiger partial charge in [0, 0.05) is 60.8 Å². The average molecular weight is 488 g/mol. The van der Waals surface area contributed by atoms with Gasteiger partial charge in [0.1, 0.15) is 26.9 Å². The molecule has 0 aliphatic rings. The Kier molecular flexibility index (Phi) is 5.60. The number of carbonyl (C=O) groups excluding carboxylic acids is 1. The Hall–Kier alpha value is -3.48. The van der Waals surface area contributed by atoms with Gasteiger partial charge in [-0.1, -0.05) is 0 Å². The fourth-order valence-electron chi connectivity index (χ4n) is 3.49. The third kappa shape index (κ3) is 4.03. The molecule has 0 aliphatic heterocycles. The van der Waals surface area contributed by atoms with Crippen LogP contribution in [-0.2, 0) is 17.1 Å². The number of sulfonamides is 1. The molecule has 1 amide bonds. The van der Waals surface area contributed by atoms with Crippen molar-refractivity contribution in [2.75, 3.05) is 7.05 Å². The highest BCUT2D eigenvalue weighted by molar-refractivity contribution is 7.91. The second-order valence-electron chi connectivity index (χ2n) is 7.52. The smallest absolute Gasteiger partial charge is 0.274 e. The van der Waals surface area contributed by atoms with E-state index < -0.39 is 15.9 Å². The van der Waals surface area contributed by atoms with E-state index in [4.69, 9.17) is 9.88 Å². The number of aromatic amines is 1. The van der Waals surface area contributed by atoms with E-state index in [1.807, 2.05) is 13.8 Å². The van der Waals surface area contributed by atoms with Crippen molar-refractivity contribution in [3.05, 3.63) is 57.9 Å². The number of thiophene rings is 1. The molecule has 0 saturated carbocycles. The summed E-state index contributed by atoms with van der Waals surface area (Å²) < 4.78 is 31.7. The minimum absolute atomic E-state index is 0.0964. The standard InChI is InChI=1S/C21H21N5O5S2/c1-10-7-24-8-11(2)18(10)31-15-6-16(33(22,29)30)32-19(15)13-9-26(4)21(28)17-12(13)5-14(25-17)20(27)23-3/h5-9,25H,1-4H3,(H,23,27)(H2,22,29,30). The summed E-state index contributed by atoms with van der Waals surface area (Å²) in [6.07, 6.45) is 4.85. The minimum Gasteiger partial charge on any atom is -0.455 e. The zero-order valence-corrected chi connectivity index (χ0v) is 19.8.